The van der Waals surface area contributed by atoms with Gasteiger partial charge in [0.15, 0.2) is 0 Å². The van der Waals surface area contributed by atoms with E-state index in [1.807, 2.05) is 6.07 Å². The fourth-order valence-electron chi connectivity index (χ4n) is 2.50. The molecule has 1 aliphatic rings. The summed E-state index contributed by atoms with van der Waals surface area (Å²) in [7, 11) is 0. The number of piperazine rings is 1. The van der Waals surface area contributed by atoms with Gasteiger partial charge < -0.3 is 10.8 Å². The first-order valence-electron chi connectivity index (χ1n) is 6.75. The smallest absolute Gasteiger partial charge is 0.123 e. The van der Waals surface area contributed by atoms with Gasteiger partial charge in [-0.2, -0.15) is 0 Å². The number of nitrogens with two attached hydrogens (primary N) is 1. The molecule has 0 aromatic heterocycles. The van der Waals surface area contributed by atoms with Crippen LogP contribution in [-0.2, 0) is 13.1 Å². The molecule has 1 heterocycles. The summed E-state index contributed by atoms with van der Waals surface area (Å²) in [4.78, 5) is 4.55. The summed E-state index contributed by atoms with van der Waals surface area (Å²) >= 11 is 0. The molecule has 1 aromatic rings. The molecule has 1 fully saturated rings. The molecule has 2 rings (SSSR count). The van der Waals surface area contributed by atoms with Gasteiger partial charge in [-0.15, -0.1) is 0 Å². The molecule has 3 N–H and O–H groups in total. The summed E-state index contributed by atoms with van der Waals surface area (Å²) in [6.07, 6.45) is 0. The molecule has 1 saturated heterocycles. The Morgan fingerprint density at radius 3 is 2.32 bits per heavy atom. The van der Waals surface area contributed by atoms with E-state index in [4.69, 9.17) is 10.8 Å². The van der Waals surface area contributed by atoms with Gasteiger partial charge in [0.1, 0.15) is 5.82 Å². The van der Waals surface area contributed by atoms with E-state index in [1.54, 1.807) is 6.07 Å². The fourth-order valence-corrected chi connectivity index (χ4v) is 2.50. The lowest BCUT2D eigenvalue weighted by molar-refractivity contribution is 0.108. The van der Waals surface area contributed by atoms with Crippen molar-refractivity contribution in [1.82, 2.24) is 9.80 Å². The van der Waals surface area contributed by atoms with Gasteiger partial charge in [0.25, 0.3) is 0 Å². The molecule has 0 saturated carbocycles. The normalized spacial score (nSPS) is 17.8. The fraction of sp³-hybridized carbons (Fsp3) is 0.571. The maximum absolute atomic E-state index is 13.4. The Kier molecular flexibility index (Phi) is 5.27. The van der Waals surface area contributed by atoms with E-state index >= 15 is 0 Å². The van der Waals surface area contributed by atoms with Gasteiger partial charge >= 0.3 is 0 Å². The van der Waals surface area contributed by atoms with Gasteiger partial charge in [-0.1, -0.05) is 6.07 Å². The Bertz CT molecular complexity index is 406. The molecule has 1 aromatic carbocycles. The molecule has 0 aliphatic carbocycles. The summed E-state index contributed by atoms with van der Waals surface area (Å²) in [5, 5.41) is 8.90. The van der Waals surface area contributed by atoms with Crippen LogP contribution in [0.3, 0.4) is 0 Å². The van der Waals surface area contributed by atoms with Crippen LogP contribution in [0.4, 0.5) is 4.39 Å². The Labute approximate surface area is 113 Å². The third-order valence-corrected chi connectivity index (χ3v) is 3.54. The monoisotopic (exact) mass is 267 g/mol. The Hall–Kier alpha value is -1.01. The number of hydrogen-bond donors (Lipinski definition) is 2. The van der Waals surface area contributed by atoms with E-state index in [2.05, 4.69) is 9.80 Å². The standard InChI is InChI=1S/C14H22FN3O/c15-14-8-12(10-16)7-13(9-14)11-18-3-1-17(2-4-18)5-6-19/h7-9,19H,1-6,10-11,16H2. The Balaban J connectivity index is 1.90. The van der Waals surface area contributed by atoms with Crippen LogP contribution < -0.4 is 5.73 Å². The maximum atomic E-state index is 13.4. The SMILES string of the molecule is NCc1cc(F)cc(CN2CCN(CCO)CC2)c1. The van der Waals surface area contributed by atoms with Crippen LogP contribution in [0, 0.1) is 5.82 Å². The number of hydrogen-bond acceptors (Lipinski definition) is 4. The third-order valence-electron chi connectivity index (χ3n) is 3.54. The largest absolute Gasteiger partial charge is 0.395 e. The Morgan fingerprint density at radius 2 is 1.68 bits per heavy atom. The van der Waals surface area contributed by atoms with Gasteiger partial charge in [-0.05, 0) is 23.3 Å². The van der Waals surface area contributed by atoms with Gasteiger partial charge in [0.2, 0.25) is 0 Å². The van der Waals surface area contributed by atoms with Crippen LogP contribution in [-0.4, -0.2) is 54.2 Å². The molecule has 4 nitrogen and oxygen atoms in total. The lowest BCUT2D eigenvalue weighted by atomic mass is 10.1. The van der Waals surface area contributed by atoms with Crippen molar-refractivity contribution >= 4 is 0 Å². The van der Waals surface area contributed by atoms with Crippen molar-refractivity contribution < 1.29 is 9.50 Å². The average molecular weight is 267 g/mol. The Morgan fingerprint density at radius 1 is 1.05 bits per heavy atom. The predicted octanol–water partition coefficient (Wildman–Crippen LogP) is 0.394. The van der Waals surface area contributed by atoms with Gasteiger partial charge in [-0.3, -0.25) is 9.80 Å². The first-order chi connectivity index (χ1) is 9.21. The molecule has 5 heteroatoms. The minimum absolute atomic E-state index is 0.211. The second kappa shape index (κ2) is 6.96. The number of rotatable bonds is 5. The van der Waals surface area contributed by atoms with Crippen LogP contribution in [0.1, 0.15) is 11.1 Å². The highest BCUT2D eigenvalue weighted by molar-refractivity contribution is 5.24. The number of nitrogens with zero attached hydrogens (tertiary/aromatic N) is 2. The predicted molar refractivity (Wildman–Crippen MR) is 73.1 cm³/mol. The van der Waals surface area contributed by atoms with E-state index in [1.165, 1.54) is 6.07 Å². The molecule has 0 unspecified atom stereocenters. The summed E-state index contributed by atoms with van der Waals surface area (Å²) < 4.78 is 13.4. The van der Waals surface area contributed by atoms with E-state index in [9.17, 15) is 4.39 Å². The number of aliphatic hydroxyl groups excluding tert-OH is 1. The second-order valence-corrected chi connectivity index (χ2v) is 5.01. The summed E-state index contributed by atoms with van der Waals surface area (Å²) in [6.45, 7) is 5.91. The van der Waals surface area contributed by atoms with E-state index in [0.29, 0.717) is 6.54 Å². The third kappa shape index (κ3) is 4.24. The van der Waals surface area contributed by atoms with E-state index in [-0.39, 0.29) is 12.4 Å². The summed E-state index contributed by atoms with van der Waals surface area (Å²) in [5.41, 5.74) is 7.39. The molecule has 0 amide bonds. The van der Waals surface area contributed by atoms with Crippen molar-refractivity contribution in [3.8, 4) is 0 Å². The van der Waals surface area contributed by atoms with E-state index in [0.717, 1.165) is 50.4 Å². The van der Waals surface area contributed by atoms with Crippen molar-refractivity contribution in [3.05, 3.63) is 35.1 Å². The molecular formula is C14H22FN3O. The molecule has 19 heavy (non-hydrogen) atoms. The highest BCUT2D eigenvalue weighted by Crippen LogP contribution is 2.13. The van der Waals surface area contributed by atoms with Crippen LogP contribution >= 0.6 is 0 Å². The van der Waals surface area contributed by atoms with Crippen molar-refractivity contribution in [2.75, 3.05) is 39.3 Å². The molecule has 0 bridgehead atoms. The van der Waals surface area contributed by atoms with Crippen molar-refractivity contribution in [3.63, 3.8) is 0 Å². The first-order valence-corrected chi connectivity index (χ1v) is 6.75. The van der Waals surface area contributed by atoms with Crippen molar-refractivity contribution in [1.29, 1.82) is 0 Å². The van der Waals surface area contributed by atoms with Crippen LogP contribution in [0.15, 0.2) is 18.2 Å². The van der Waals surface area contributed by atoms with Crippen molar-refractivity contribution in [2.45, 2.75) is 13.1 Å². The highest BCUT2D eigenvalue weighted by Gasteiger charge is 2.16. The quantitative estimate of drug-likeness (QED) is 0.810. The van der Waals surface area contributed by atoms with Gasteiger partial charge in [0, 0.05) is 45.8 Å². The zero-order valence-electron chi connectivity index (χ0n) is 11.2. The topological polar surface area (TPSA) is 52.7 Å². The summed E-state index contributed by atoms with van der Waals surface area (Å²) in [6, 6.07) is 5.05. The number of halogens is 1. The molecule has 106 valence electrons. The van der Waals surface area contributed by atoms with Crippen molar-refractivity contribution in [2.24, 2.45) is 5.73 Å². The molecule has 0 radical (unpaired) electrons. The van der Waals surface area contributed by atoms with Crippen LogP contribution in [0.5, 0.6) is 0 Å². The van der Waals surface area contributed by atoms with Crippen LogP contribution in [0.25, 0.3) is 0 Å². The summed E-state index contributed by atoms with van der Waals surface area (Å²) in [5.74, 6) is -0.211. The average Bonchev–Trinajstić information content (AvgIpc) is 2.40. The minimum atomic E-state index is -0.211. The van der Waals surface area contributed by atoms with Gasteiger partial charge in [-0.25, -0.2) is 4.39 Å². The molecular weight excluding hydrogens is 245 g/mol. The first kappa shape index (κ1) is 14.4. The zero-order valence-corrected chi connectivity index (χ0v) is 11.2. The molecule has 0 spiro atoms. The number of β-amino-alcohol motifs (C(OH)–C–C–N with tert-alkyl or cyclic N) is 1. The number of aliphatic hydroxyl groups is 1. The maximum Gasteiger partial charge on any atom is 0.123 e. The highest BCUT2D eigenvalue weighted by atomic mass is 19.1. The van der Waals surface area contributed by atoms with Gasteiger partial charge in [0.05, 0.1) is 6.61 Å². The molecule has 0 atom stereocenters. The zero-order chi connectivity index (χ0) is 13.7. The second-order valence-electron chi connectivity index (χ2n) is 5.01. The lowest BCUT2D eigenvalue weighted by Crippen LogP contribution is -2.46. The minimum Gasteiger partial charge on any atom is -0.395 e. The number of benzene rings is 1. The van der Waals surface area contributed by atoms with E-state index < -0.39 is 0 Å². The van der Waals surface area contributed by atoms with Crippen LogP contribution in [0.2, 0.25) is 0 Å². The lowest BCUT2D eigenvalue weighted by Gasteiger charge is -2.34. The molecule has 1 aliphatic heterocycles.